The smallest absolute Gasteiger partial charge is 0.319 e. The van der Waals surface area contributed by atoms with E-state index in [0.29, 0.717) is 48.0 Å². The van der Waals surface area contributed by atoms with E-state index in [1.165, 1.54) is 18.2 Å². The highest BCUT2D eigenvalue weighted by atomic mass is 35.5. The van der Waals surface area contributed by atoms with Crippen LogP contribution in [0.5, 0.6) is 0 Å². The van der Waals surface area contributed by atoms with Gasteiger partial charge in [0, 0.05) is 42.4 Å². The summed E-state index contributed by atoms with van der Waals surface area (Å²) in [7, 11) is -3.75. The van der Waals surface area contributed by atoms with E-state index in [1.807, 2.05) is 30.3 Å². The van der Waals surface area contributed by atoms with E-state index < -0.39 is 10.0 Å². The zero-order chi connectivity index (χ0) is 28.4. The minimum Gasteiger partial charge on any atom is -0.360 e. The Balaban J connectivity index is 1.56. The largest absolute Gasteiger partial charge is 0.360 e. The van der Waals surface area contributed by atoms with Crippen molar-refractivity contribution in [2.45, 2.75) is 62.9 Å². The molecule has 1 aliphatic carbocycles. The molecule has 2 aromatic rings. The van der Waals surface area contributed by atoms with Gasteiger partial charge in [-0.15, -0.1) is 0 Å². The number of halogens is 2. The fourth-order valence-corrected chi connectivity index (χ4v) is 6.24. The quantitative estimate of drug-likeness (QED) is 0.163. The molecule has 1 saturated carbocycles. The van der Waals surface area contributed by atoms with Gasteiger partial charge >= 0.3 is 6.03 Å². The second-order valence-corrected chi connectivity index (χ2v) is 13.1. The first-order valence-corrected chi connectivity index (χ1v) is 15.8. The summed E-state index contributed by atoms with van der Waals surface area (Å²) >= 11 is 17.7. The Kier molecular flexibility index (Phi) is 12.1. The highest BCUT2D eigenvalue weighted by Crippen LogP contribution is 2.25. The first-order valence-electron chi connectivity index (χ1n) is 13.2. The molecule has 4 N–H and O–H groups in total. The Morgan fingerprint density at radius 2 is 1.82 bits per heavy atom. The summed E-state index contributed by atoms with van der Waals surface area (Å²) in [5.41, 5.74) is 0.725. The number of hydrogen-bond acceptors (Lipinski definition) is 4. The number of carbonyl (C=O) groups excluding carboxylic acids is 1. The third kappa shape index (κ3) is 11.1. The number of para-hydroxylation sites is 1. The number of hydrogen-bond donors (Lipinski definition) is 4. The second-order valence-electron chi connectivity index (χ2n) is 10.1. The summed E-state index contributed by atoms with van der Waals surface area (Å²) in [5, 5.41) is 10.5. The molecule has 0 aromatic heterocycles. The number of rotatable bonds is 14. The van der Waals surface area contributed by atoms with Gasteiger partial charge in [0.15, 0.2) is 5.11 Å². The third-order valence-electron chi connectivity index (χ3n) is 6.09. The Labute approximate surface area is 247 Å². The standard InChI is InChI=1S/C27H37Cl2N5O3S2/c1-19(2)16-23(32-26(35)31-21-8-4-3-5-9-21)18-34(27(38)33-22-11-12-22)15-7-6-14-30-39(36,37)25-13-10-20(28)17-24(25)29/h3-5,8-10,13,17,19,22-23,30H,6-7,11-12,14-16,18H2,1-2H3,(H,33,38)(H2,31,32,35)/t23-/m0/s1. The van der Waals surface area contributed by atoms with E-state index in [-0.39, 0.29) is 28.5 Å². The van der Waals surface area contributed by atoms with Crippen molar-refractivity contribution >= 4 is 62.3 Å². The van der Waals surface area contributed by atoms with Crippen molar-refractivity contribution in [3.8, 4) is 0 Å². The number of amides is 2. The van der Waals surface area contributed by atoms with E-state index in [0.717, 1.165) is 24.9 Å². The lowest BCUT2D eigenvalue weighted by molar-refractivity contribution is 0.240. The van der Waals surface area contributed by atoms with Crippen LogP contribution in [-0.2, 0) is 10.0 Å². The van der Waals surface area contributed by atoms with Gasteiger partial charge in [-0.1, -0.05) is 55.2 Å². The normalized spacial score (nSPS) is 14.1. The molecule has 0 heterocycles. The van der Waals surface area contributed by atoms with Crippen molar-refractivity contribution in [1.29, 1.82) is 0 Å². The van der Waals surface area contributed by atoms with E-state index in [2.05, 4.69) is 39.4 Å². The molecule has 2 amide bonds. The van der Waals surface area contributed by atoms with Crippen molar-refractivity contribution in [2.75, 3.05) is 25.0 Å². The Morgan fingerprint density at radius 3 is 2.46 bits per heavy atom. The minimum absolute atomic E-state index is 0.00128. The summed E-state index contributed by atoms with van der Waals surface area (Å²) in [4.78, 5) is 14.8. The Hall–Kier alpha value is -2.11. The molecule has 0 saturated heterocycles. The van der Waals surface area contributed by atoms with Crippen molar-refractivity contribution < 1.29 is 13.2 Å². The lowest BCUT2D eigenvalue weighted by Crippen LogP contribution is -2.50. The number of anilines is 1. The average molecular weight is 615 g/mol. The lowest BCUT2D eigenvalue weighted by atomic mass is 10.0. The Bertz CT molecular complexity index is 1210. The van der Waals surface area contributed by atoms with Crippen LogP contribution in [0.15, 0.2) is 53.4 Å². The monoisotopic (exact) mass is 613 g/mol. The molecule has 8 nitrogen and oxygen atoms in total. The third-order valence-corrected chi connectivity index (χ3v) is 8.64. The Morgan fingerprint density at radius 1 is 1.10 bits per heavy atom. The summed E-state index contributed by atoms with van der Waals surface area (Å²) in [6, 6.07) is 13.6. The molecule has 0 bridgehead atoms. The van der Waals surface area contributed by atoms with Crippen LogP contribution in [0.2, 0.25) is 10.0 Å². The highest BCUT2D eigenvalue weighted by molar-refractivity contribution is 7.89. The molecule has 39 heavy (non-hydrogen) atoms. The van der Waals surface area contributed by atoms with Gasteiger partial charge in [0.25, 0.3) is 0 Å². The van der Waals surface area contributed by atoms with Crippen molar-refractivity contribution in [1.82, 2.24) is 20.3 Å². The summed E-state index contributed by atoms with van der Waals surface area (Å²) in [5.74, 6) is 0.368. The zero-order valence-corrected chi connectivity index (χ0v) is 25.4. The predicted molar refractivity (Wildman–Crippen MR) is 163 cm³/mol. The van der Waals surface area contributed by atoms with Crippen LogP contribution < -0.4 is 20.7 Å². The predicted octanol–water partition coefficient (Wildman–Crippen LogP) is 5.63. The fourth-order valence-electron chi connectivity index (χ4n) is 4.06. The van der Waals surface area contributed by atoms with Crippen LogP contribution in [0.4, 0.5) is 10.5 Å². The molecule has 0 unspecified atom stereocenters. The van der Waals surface area contributed by atoms with Crippen LogP contribution in [0.3, 0.4) is 0 Å². The maximum Gasteiger partial charge on any atom is 0.319 e. The maximum absolute atomic E-state index is 12.7. The first kappa shape index (κ1) is 31.4. The molecule has 3 rings (SSSR count). The van der Waals surface area contributed by atoms with E-state index in [4.69, 9.17) is 35.4 Å². The highest BCUT2D eigenvalue weighted by Gasteiger charge is 2.26. The topological polar surface area (TPSA) is 103 Å². The SMILES string of the molecule is CC(C)C[C@@H](CN(CCCCNS(=O)(=O)c1ccc(Cl)cc1Cl)C(=S)NC1CC1)NC(=O)Nc1ccccc1. The number of nitrogens with zero attached hydrogens (tertiary/aromatic N) is 1. The number of urea groups is 1. The number of carbonyl (C=O) groups is 1. The van der Waals surface area contributed by atoms with Gasteiger partial charge in [-0.3, -0.25) is 0 Å². The van der Waals surface area contributed by atoms with Crippen LogP contribution in [0, 0.1) is 5.92 Å². The minimum atomic E-state index is -3.75. The van der Waals surface area contributed by atoms with Gasteiger partial charge in [-0.2, -0.15) is 0 Å². The maximum atomic E-state index is 12.7. The lowest BCUT2D eigenvalue weighted by Gasteiger charge is -2.31. The average Bonchev–Trinajstić information content (AvgIpc) is 3.66. The summed E-state index contributed by atoms with van der Waals surface area (Å²) in [6.45, 7) is 5.66. The van der Waals surface area contributed by atoms with Gasteiger partial charge in [-0.05, 0) is 80.6 Å². The fraction of sp³-hybridized carbons (Fsp3) is 0.481. The molecule has 1 aliphatic rings. The van der Waals surface area contributed by atoms with Gasteiger partial charge in [-0.25, -0.2) is 17.9 Å². The van der Waals surface area contributed by atoms with E-state index >= 15 is 0 Å². The molecular weight excluding hydrogens is 577 g/mol. The molecule has 214 valence electrons. The van der Waals surface area contributed by atoms with E-state index in [9.17, 15) is 13.2 Å². The molecule has 0 spiro atoms. The number of nitrogens with one attached hydrogen (secondary N) is 4. The molecule has 1 fully saturated rings. The van der Waals surface area contributed by atoms with Crippen molar-refractivity contribution in [3.63, 3.8) is 0 Å². The van der Waals surface area contributed by atoms with Crippen LogP contribution in [0.1, 0.15) is 46.0 Å². The van der Waals surface area contributed by atoms with Crippen molar-refractivity contribution in [3.05, 3.63) is 58.6 Å². The van der Waals surface area contributed by atoms with Crippen LogP contribution in [0.25, 0.3) is 0 Å². The van der Waals surface area contributed by atoms with Crippen LogP contribution >= 0.6 is 35.4 Å². The molecular formula is C27H37Cl2N5O3S2. The van der Waals surface area contributed by atoms with Gasteiger partial charge in [0.05, 0.1) is 5.02 Å². The number of sulfonamides is 1. The summed E-state index contributed by atoms with van der Waals surface area (Å²) in [6.07, 6.45) is 4.27. The number of thiocarbonyl (C=S) groups is 1. The first-order chi connectivity index (χ1) is 18.5. The van der Waals surface area contributed by atoms with Gasteiger partial charge < -0.3 is 20.9 Å². The molecule has 2 aromatic carbocycles. The van der Waals surface area contributed by atoms with Gasteiger partial charge in [0.2, 0.25) is 10.0 Å². The van der Waals surface area contributed by atoms with Gasteiger partial charge in [0.1, 0.15) is 4.90 Å². The zero-order valence-electron chi connectivity index (χ0n) is 22.3. The molecule has 12 heteroatoms. The number of benzene rings is 2. The molecule has 0 radical (unpaired) electrons. The summed E-state index contributed by atoms with van der Waals surface area (Å²) < 4.78 is 27.9. The van der Waals surface area contributed by atoms with Crippen LogP contribution in [-0.4, -0.2) is 56.2 Å². The van der Waals surface area contributed by atoms with E-state index in [1.54, 1.807) is 0 Å². The second kappa shape index (κ2) is 15.0. The number of unbranched alkanes of at least 4 members (excludes halogenated alkanes) is 1. The molecule has 0 aliphatic heterocycles. The van der Waals surface area contributed by atoms with Crippen molar-refractivity contribution in [2.24, 2.45) is 5.92 Å². The molecule has 1 atom stereocenters.